The Hall–Kier alpha value is -2.61. The molecule has 1 aromatic carbocycles. The molecule has 0 saturated carbocycles. The fourth-order valence-electron chi connectivity index (χ4n) is 6.01. The topological polar surface area (TPSA) is 82.2 Å². The predicted molar refractivity (Wildman–Crippen MR) is 115 cm³/mol. The summed E-state index contributed by atoms with van der Waals surface area (Å²) in [7, 11) is 0. The van der Waals surface area contributed by atoms with Gasteiger partial charge in [0.2, 0.25) is 5.91 Å². The first-order chi connectivity index (χ1) is 15.0. The molecule has 4 saturated heterocycles. The average molecular weight is 427 g/mol. The number of hydrogen-bond donors (Lipinski definition) is 1. The highest BCUT2D eigenvalue weighted by molar-refractivity contribution is 5.99. The summed E-state index contributed by atoms with van der Waals surface area (Å²) < 4.78 is 5.43. The van der Waals surface area contributed by atoms with Gasteiger partial charge in [0.15, 0.2) is 0 Å². The molecule has 1 N–H and O–H groups in total. The molecule has 4 heterocycles. The number of amides is 4. The van der Waals surface area contributed by atoms with Gasteiger partial charge >= 0.3 is 6.03 Å². The van der Waals surface area contributed by atoms with Crippen LogP contribution in [0.1, 0.15) is 43.0 Å². The molecule has 0 aromatic heterocycles. The Morgan fingerprint density at radius 1 is 1.19 bits per heavy atom. The minimum absolute atomic E-state index is 0.0287. The van der Waals surface area contributed by atoms with E-state index in [1.807, 2.05) is 34.1 Å². The lowest BCUT2D eigenvalue weighted by Crippen LogP contribution is -2.53. The van der Waals surface area contributed by atoms with Gasteiger partial charge in [-0.3, -0.25) is 14.5 Å². The summed E-state index contributed by atoms with van der Waals surface area (Å²) in [5, 5.41) is 2.80. The molecule has 8 heteroatoms. The van der Waals surface area contributed by atoms with E-state index in [0.29, 0.717) is 45.0 Å². The van der Waals surface area contributed by atoms with Crippen molar-refractivity contribution in [3.8, 4) is 0 Å². The van der Waals surface area contributed by atoms with Crippen LogP contribution in [0.4, 0.5) is 10.5 Å². The second-order valence-corrected chi connectivity index (χ2v) is 9.01. The minimum Gasteiger partial charge on any atom is -0.378 e. The molecule has 8 nitrogen and oxygen atoms in total. The highest BCUT2D eigenvalue weighted by Gasteiger charge is 2.61. The van der Waals surface area contributed by atoms with Crippen molar-refractivity contribution in [2.75, 3.05) is 44.3 Å². The highest BCUT2D eigenvalue weighted by atomic mass is 16.5. The maximum atomic E-state index is 13.6. The van der Waals surface area contributed by atoms with Crippen LogP contribution in [-0.4, -0.2) is 79.1 Å². The normalized spacial score (nSPS) is 30.1. The van der Waals surface area contributed by atoms with Crippen molar-refractivity contribution < 1.29 is 19.1 Å². The molecule has 4 fully saturated rings. The fourth-order valence-corrected chi connectivity index (χ4v) is 6.01. The van der Waals surface area contributed by atoms with Crippen molar-refractivity contribution in [1.29, 1.82) is 0 Å². The van der Waals surface area contributed by atoms with Crippen molar-refractivity contribution in [3.63, 3.8) is 0 Å². The Bertz CT molecular complexity index is 899. The smallest absolute Gasteiger partial charge is 0.321 e. The molecular weight excluding hydrogens is 396 g/mol. The van der Waals surface area contributed by atoms with Gasteiger partial charge in [0.25, 0.3) is 5.91 Å². The van der Waals surface area contributed by atoms with Gasteiger partial charge in [0, 0.05) is 49.5 Å². The molecular formula is C23H30N4O4. The van der Waals surface area contributed by atoms with E-state index in [1.54, 1.807) is 4.90 Å². The molecule has 2 bridgehead atoms. The van der Waals surface area contributed by atoms with Crippen LogP contribution < -0.4 is 10.2 Å². The second-order valence-electron chi connectivity index (χ2n) is 9.01. The lowest BCUT2D eigenvalue weighted by Gasteiger charge is -2.40. The number of morpholine rings is 1. The van der Waals surface area contributed by atoms with Crippen molar-refractivity contribution in [2.24, 2.45) is 5.41 Å². The van der Waals surface area contributed by atoms with Crippen LogP contribution in [0.2, 0.25) is 0 Å². The Labute approximate surface area is 182 Å². The molecule has 4 aliphatic rings. The van der Waals surface area contributed by atoms with E-state index in [1.165, 1.54) is 0 Å². The van der Waals surface area contributed by atoms with Gasteiger partial charge in [-0.25, -0.2) is 4.79 Å². The largest absolute Gasteiger partial charge is 0.378 e. The number of nitrogens with one attached hydrogen (secondary N) is 1. The summed E-state index contributed by atoms with van der Waals surface area (Å²) in [6.45, 7) is 5.71. The van der Waals surface area contributed by atoms with Crippen molar-refractivity contribution in [3.05, 3.63) is 29.8 Å². The van der Waals surface area contributed by atoms with Crippen LogP contribution in [0.25, 0.3) is 0 Å². The molecule has 5 rings (SSSR count). The predicted octanol–water partition coefficient (Wildman–Crippen LogP) is 1.85. The number of anilines is 1. The third-order valence-corrected chi connectivity index (χ3v) is 7.59. The lowest BCUT2D eigenvalue weighted by molar-refractivity contribution is -0.148. The Balaban J connectivity index is 1.40. The summed E-state index contributed by atoms with van der Waals surface area (Å²) in [6, 6.07) is 7.21. The number of urea groups is 1. The zero-order valence-corrected chi connectivity index (χ0v) is 18.0. The zero-order chi connectivity index (χ0) is 21.6. The van der Waals surface area contributed by atoms with E-state index in [9.17, 15) is 14.4 Å². The highest BCUT2D eigenvalue weighted by Crippen LogP contribution is 2.53. The number of ether oxygens (including phenoxy) is 1. The third-order valence-electron chi connectivity index (χ3n) is 7.59. The molecule has 0 radical (unpaired) electrons. The Morgan fingerprint density at radius 2 is 2.00 bits per heavy atom. The summed E-state index contributed by atoms with van der Waals surface area (Å²) in [4.78, 5) is 44.8. The monoisotopic (exact) mass is 426 g/mol. The van der Waals surface area contributed by atoms with Crippen LogP contribution >= 0.6 is 0 Å². The van der Waals surface area contributed by atoms with Crippen LogP contribution in [0.15, 0.2) is 24.3 Å². The Kier molecular flexibility index (Phi) is 5.12. The molecule has 4 amide bonds. The van der Waals surface area contributed by atoms with Gasteiger partial charge in [-0.15, -0.1) is 0 Å². The number of carbonyl (C=O) groups excluding carboxylic acids is 3. The molecule has 31 heavy (non-hydrogen) atoms. The van der Waals surface area contributed by atoms with E-state index < -0.39 is 5.41 Å². The van der Waals surface area contributed by atoms with Gasteiger partial charge in [-0.1, -0.05) is 13.0 Å². The molecule has 4 aliphatic heterocycles. The van der Waals surface area contributed by atoms with Crippen LogP contribution in [0.3, 0.4) is 0 Å². The summed E-state index contributed by atoms with van der Waals surface area (Å²) in [5.74, 6) is 0.157. The van der Waals surface area contributed by atoms with E-state index in [-0.39, 0.29) is 29.9 Å². The van der Waals surface area contributed by atoms with Gasteiger partial charge < -0.3 is 19.9 Å². The number of rotatable bonds is 4. The lowest BCUT2D eigenvalue weighted by atomic mass is 9.70. The maximum Gasteiger partial charge on any atom is 0.321 e. The van der Waals surface area contributed by atoms with E-state index >= 15 is 0 Å². The maximum absolute atomic E-state index is 13.6. The molecule has 1 aromatic rings. The van der Waals surface area contributed by atoms with E-state index in [0.717, 1.165) is 31.4 Å². The average Bonchev–Trinajstić information content (AvgIpc) is 3.52. The summed E-state index contributed by atoms with van der Waals surface area (Å²) in [5.41, 5.74) is 0.820. The van der Waals surface area contributed by atoms with Crippen molar-refractivity contribution in [1.82, 2.24) is 15.1 Å². The van der Waals surface area contributed by atoms with Crippen LogP contribution in [0, 0.1) is 5.41 Å². The van der Waals surface area contributed by atoms with E-state index in [2.05, 4.69) is 12.2 Å². The van der Waals surface area contributed by atoms with Crippen molar-refractivity contribution >= 4 is 23.5 Å². The minimum atomic E-state index is -0.498. The Morgan fingerprint density at radius 3 is 2.71 bits per heavy atom. The third kappa shape index (κ3) is 3.19. The molecule has 0 unspecified atom stereocenters. The van der Waals surface area contributed by atoms with Crippen LogP contribution in [-0.2, 0) is 9.53 Å². The first-order valence-corrected chi connectivity index (χ1v) is 11.4. The van der Waals surface area contributed by atoms with Gasteiger partial charge in [-0.2, -0.15) is 0 Å². The molecule has 0 aliphatic carbocycles. The molecule has 3 atom stereocenters. The van der Waals surface area contributed by atoms with Gasteiger partial charge in [0.05, 0.1) is 18.6 Å². The number of benzene rings is 1. The number of carbonyl (C=O) groups is 3. The standard InChI is InChI=1S/C23H30N4O4/c1-2-23(21(29)25-10-12-31-13-11-25)15-18-6-7-19(23)27(18)20(28)16-4-3-5-17(14-16)26-9-8-24-22(26)30/h3-5,14,18-19H,2,6-13,15H2,1H3,(H,24,30)/t18-,19+,23+/m1/s1. The molecule has 166 valence electrons. The van der Waals surface area contributed by atoms with Gasteiger partial charge in [-0.05, 0) is 43.9 Å². The fraction of sp³-hybridized carbons (Fsp3) is 0.609. The van der Waals surface area contributed by atoms with Crippen molar-refractivity contribution in [2.45, 2.75) is 44.7 Å². The van der Waals surface area contributed by atoms with E-state index in [4.69, 9.17) is 4.74 Å². The number of fused-ring (bicyclic) bond motifs is 2. The zero-order valence-electron chi connectivity index (χ0n) is 18.0. The van der Waals surface area contributed by atoms with Gasteiger partial charge in [0.1, 0.15) is 0 Å². The SMILES string of the molecule is CC[C@]1(C(=O)N2CCOCC2)C[C@H]2CC[C@@H]1N2C(=O)c1cccc(N2CCNC2=O)c1. The second kappa shape index (κ2) is 7.82. The summed E-state index contributed by atoms with van der Waals surface area (Å²) in [6.07, 6.45) is 3.30. The summed E-state index contributed by atoms with van der Waals surface area (Å²) >= 11 is 0. The first kappa shape index (κ1) is 20.3. The first-order valence-electron chi connectivity index (χ1n) is 11.4. The quantitative estimate of drug-likeness (QED) is 0.797. The number of hydrogen-bond acceptors (Lipinski definition) is 4. The number of nitrogens with zero attached hydrogens (tertiary/aromatic N) is 3. The molecule has 0 spiro atoms. The van der Waals surface area contributed by atoms with Crippen LogP contribution in [0.5, 0.6) is 0 Å².